The molecule has 0 aliphatic heterocycles. The van der Waals surface area contributed by atoms with Crippen molar-refractivity contribution >= 4 is 28.7 Å². The lowest BCUT2D eigenvalue weighted by Gasteiger charge is -2.05. The molecule has 9 heteroatoms. The molecule has 0 radical (unpaired) electrons. The zero-order valence-electron chi connectivity index (χ0n) is 12.8. The van der Waals surface area contributed by atoms with Gasteiger partial charge in [-0.3, -0.25) is 9.59 Å². The van der Waals surface area contributed by atoms with E-state index < -0.39 is 11.8 Å². The monoisotopic (exact) mass is 333 g/mol. The second-order valence-electron chi connectivity index (χ2n) is 5.24. The van der Waals surface area contributed by atoms with Crippen LogP contribution in [0.15, 0.2) is 24.4 Å². The van der Waals surface area contributed by atoms with Crippen molar-refractivity contribution in [3.05, 3.63) is 35.7 Å². The molecule has 0 saturated heterocycles. The van der Waals surface area contributed by atoms with Crippen LogP contribution in [0.4, 0.5) is 5.82 Å². The standard InChI is InChI=1S/C15H15N7O2.4H2/c1-7-2-3-8-9(4-7)22-14(21-8)12-13(17)18-5-10(20-12)15(24)19-6-11(16)23;;;;/h2-5H,6H2,1H3,(H2,16,23)(H2,17,18)(H,19,24)(H,21,22);4*1H. The first-order valence-electron chi connectivity index (χ1n) is 7.10. The molecule has 0 aliphatic rings. The summed E-state index contributed by atoms with van der Waals surface area (Å²) in [6, 6.07) is 5.76. The molecule has 0 fully saturated rings. The Balaban J connectivity index is 0. The summed E-state index contributed by atoms with van der Waals surface area (Å²) in [5.41, 5.74) is 13.8. The summed E-state index contributed by atoms with van der Waals surface area (Å²) in [6.45, 7) is 1.68. The number of fused-ring (bicyclic) bond motifs is 1. The summed E-state index contributed by atoms with van der Waals surface area (Å²) in [5.74, 6) is -0.684. The highest BCUT2D eigenvalue weighted by Gasteiger charge is 2.16. The number of benzene rings is 1. The summed E-state index contributed by atoms with van der Waals surface area (Å²) < 4.78 is 0. The number of carbonyl (C=O) groups is 2. The van der Waals surface area contributed by atoms with Crippen LogP contribution in [0.5, 0.6) is 0 Å². The highest BCUT2D eigenvalue weighted by atomic mass is 16.2. The predicted octanol–water partition coefficient (Wildman–Crippen LogP) is 1.11. The zero-order chi connectivity index (χ0) is 17.3. The largest absolute Gasteiger partial charge is 0.382 e. The van der Waals surface area contributed by atoms with Gasteiger partial charge in [0.1, 0.15) is 11.4 Å². The molecular formula is C15H23N7O2. The Kier molecular flexibility index (Phi) is 3.82. The first-order chi connectivity index (χ1) is 11.4. The summed E-state index contributed by atoms with van der Waals surface area (Å²) >= 11 is 0. The maximum Gasteiger partial charge on any atom is 0.271 e. The van der Waals surface area contributed by atoms with E-state index in [2.05, 4.69) is 25.3 Å². The topological polar surface area (TPSA) is 153 Å². The molecule has 3 rings (SSSR count). The van der Waals surface area contributed by atoms with E-state index in [1.807, 2.05) is 25.1 Å². The number of H-pyrrole nitrogens is 1. The lowest BCUT2D eigenvalue weighted by Crippen LogP contribution is -2.33. The van der Waals surface area contributed by atoms with E-state index in [-0.39, 0.29) is 29.5 Å². The molecule has 9 nitrogen and oxygen atoms in total. The lowest BCUT2D eigenvalue weighted by atomic mass is 10.2. The van der Waals surface area contributed by atoms with Crippen LogP contribution in [0.3, 0.4) is 0 Å². The van der Waals surface area contributed by atoms with Crippen LogP contribution >= 0.6 is 0 Å². The Morgan fingerprint density at radius 2 is 2.12 bits per heavy atom. The zero-order valence-corrected chi connectivity index (χ0v) is 12.8. The molecule has 0 spiro atoms. The number of nitrogen functional groups attached to an aromatic ring is 1. The molecule has 6 N–H and O–H groups in total. The minimum absolute atomic E-state index is 0. The van der Waals surface area contributed by atoms with Crippen molar-refractivity contribution in [2.45, 2.75) is 6.92 Å². The number of aromatic nitrogens is 4. The Hall–Kier alpha value is -3.49. The van der Waals surface area contributed by atoms with Crippen LogP contribution in [0.2, 0.25) is 0 Å². The van der Waals surface area contributed by atoms with E-state index in [0.717, 1.165) is 16.6 Å². The molecule has 0 aliphatic carbocycles. The average Bonchev–Trinajstić information content (AvgIpc) is 2.95. The molecule has 2 aromatic heterocycles. The van der Waals surface area contributed by atoms with Gasteiger partial charge in [-0.05, 0) is 24.6 Å². The van der Waals surface area contributed by atoms with Gasteiger partial charge >= 0.3 is 0 Å². The third kappa shape index (κ3) is 3.00. The van der Waals surface area contributed by atoms with Gasteiger partial charge in [-0.1, -0.05) is 6.07 Å². The number of hydrogen-bond acceptors (Lipinski definition) is 6. The molecular weight excluding hydrogens is 310 g/mol. The van der Waals surface area contributed by atoms with Crippen molar-refractivity contribution in [3.63, 3.8) is 0 Å². The molecule has 2 amide bonds. The van der Waals surface area contributed by atoms with E-state index in [4.69, 9.17) is 11.5 Å². The highest BCUT2D eigenvalue weighted by molar-refractivity contribution is 5.95. The van der Waals surface area contributed by atoms with Gasteiger partial charge in [0.2, 0.25) is 5.91 Å². The number of rotatable bonds is 4. The first-order valence-corrected chi connectivity index (χ1v) is 7.10. The molecule has 0 unspecified atom stereocenters. The van der Waals surface area contributed by atoms with Crippen LogP contribution in [0.1, 0.15) is 21.8 Å². The van der Waals surface area contributed by atoms with Crippen LogP contribution < -0.4 is 16.8 Å². The number of carbonyl (C=O) groups excluding carboxylic acids is 2. The maximum absolute atomic E-state index is 12.0. The number of nitrogens with zero attached hydrogens (tertiary/aromatic N) is 3. The van der Waals surface area contributed by atoms with Crippen LogP contribution in [0.25, 0.3) is 22.6 Å². The van der Waals surface area contributed by atoms with Crippen molar-refractivity contribution in [3.8, 4) is 11.5 Å². The fraction of sp³-hybridized carbons (Fsp3) is 0.133. The van der Waals surface area contributed by atoms with Crippen LogP contribution in [-0.4, -0.2) is 38.3 Å². The molecule has 1 aromatic carbocycles. The van der Waals surface area contributed by atoms with Crippen molar-refractivity contribution in [1.29, 1.82) is 0 Å². The SMILES string of the molecule is Cc1ccc2nc(-c3nc(C(=O)NCC(N)=O)cnc3N)[nH]c2c1.[HH].[HH].[HH].[HH]. The van der Waals surface area contributed by atoms with Gasteiger partial charge in [0.15, 0.2) is 11.6 Å². The number of hydrogen-bond donors (Lipinski definition) is 4. The Bertz CT molecular complexity index is 965. The lowest BCUT2D eigenvalue weighted by molar-refractivity contribution is -0.117. The number of aryl methyl sites for hydroxylation is 1. The number of aromatic amines is 1. The van der Waals surface area contributed by atoms with Gasteiger partial charge in [0.25, 0.3) is 5.91 Å². The Labute approximate surface area is 142 Å². The number of nitrogens with two attached hydrogens (primary N) is 2. The molecule has 3 aromatic rings. The maximum atomic E-state index is 12.0. The molecule has 0 bridgehead atoms. The smallest absolute Gasteiger partial charge is 0.271 e. The van der Waals surface area contributed by atoms with Gasteiger partial charge in [-0.15, -0.1) is 0 Å². The van der Waals surface area contributed by atoms with E-state index in [0.29, 0.717) is 5.82 Å². The molecule has 24 heavy (non-hydrogen) atoms. The summed E-state index contributed by atoms with van der Waals surface area (Å²) in [7, 11) is 0. The summed E-state index contributed by atoms with van der Waals surface area (Å²) in [5, 5.41) is 2.34. The van der Waals surface area contributed by atoms with Crippen molar-refractivity contribution in [1.82, 2.24) is 25.3 Å². The number of amides is 2. The third-order valence-corrected chi connectivity index (χ3v) is 3.32. The van der Waals surface area contributed by atoms with Gasteiger partial charge in [0.05, 0.1) is 23.8 Å². The minimum atomic E-state index is -0.653. The van der Waals surface area contributed by atoms with Crippen LogP contribution in [-0.2, 0) is 4.79 Å². The fourth-order valence-corrected chi connectivity index (χ4v) is 2.18. The quantitative estimate of drug-likeness (QED) is 0.561. The number of imidazole rings is 1. The van der Waals surface area contributed by atoms with Gasteiger partial charge in [0, 0.05) is 5.71 Å². The van der Waals surface area contributed by atoms with Crippen molar-refractivity contribution in [2.75, 3.05) is 12.3 Å². The van der Waals surface area contributed by atoms with E-state index in [9.17, 15) is 9.59 Å². The number of anilines is 1. The second-order valence-corrected chi connectivity index (χ2v) is 5.24. The highest BCUT2D eigenvalue weighted by Crippen LogP contribution is 2.23. The number of primary amides is 1. The third-order valence-electron chi connectivity index (χ3n) is 3.32. The molecule has 0 saturated carbocycles. The molecule has 0 atom stereocenters. The normalized spacial score (nSPS) is 10.7. The Morgan fingerprint density at radius 1 is 1.33 bits per heavy atom. The number of nitrogens with one attached hydrogen (secondary N) is 2. The van der Waals surface area contributed by atoms with Gasteiger partial charge in [-0.2, -0.15) is 0 Å². The summed E-state index contributed by atoms with van der Waals surface area (Å²) in [4.78, 5) is 38.4. The van der Waals surface area contributed by atoms with Crippen molar-refractivity contribution in [2.24, 2.45) is 5.73 Å². The average molecular weight is 333 g/mol. The predicted molar refractivity (Wildman–Crippen MR) is 96.3 cm³/mol. The van der Waals surface area contributed by atoms with E-state index in [1.165, 1.54) is 6.20 Å². The molecule has 2 heterocycles. The second kappa shape index (κ2) is 5.95. The Morgan fingerprint density at radius 3 is 2.88 bits per heavy atom. The van der Waals surface area contributed by atoms with Crippen molar-refractivity contribution < 1.29 is 15.3 Å². The van der Waals surface area contributed by atoms with Gasteiger partial charge in [-0.25, -0.2) is 15.0 Å². The van der Waals surface area contributed by atoms with Crippen LogP contribution in [0, 0.1) is 6.92 Å². The molecule has 130 valence electrons. The minimum Gasteiger partial charge on any atom is -0.382 e. The first kappa shape index (κ1) is 15.4. The van der Waals surface area contributed by atoms with E-state index >= 15 is 0 Å². The fourth-order valence-electron chi connectivity index (χ4n) is 2.18. The van der Waals surface area contributed by atoms with Gasteiger partial charge < -0.3 is 21.8 Å². The summed E-state index contributed by atoms with van der Waals surface area (Å²) in [6.07, 6.45) is 1.22. The van der Waals surface area contributed by atoms with E-state index in [1.54, 1.807) is 0 Å².